The fraction of sp³-hybridized carbons (Fsp3) is 0.538. The molecule has 1 aromatic rings. The van der Waals surface area contributed by atoms with Crippen molar-refractivity contribution >= 4 is 0 Å². The lowest BCUT2D eigenvalue weighted by Crippen LogP contribution is -2.55. The Kier molecular flexibility index (Phi) is 2.91. The molecule has 86 valence electrons. The molecule has 3 heteroatoms. The second kappa shape index (κ2) is 4.53. The van der Waals surface area contributed by atoms with Gasteiger partial charge in [-0.15, -0.1) is 0 Å². The van der Waals surface area contributed by atoms with Crippen LogP contribution in [0.2, 0.25) is 0 Å². The van der Waals surface area contributed by atoms with Crippen molar-refractivity contribution in [1.82, 2.24) is 15.5 Å². The van der Waals surface area contributed by atoms with E-state index in [0.29, 0.717) is 12.1 Å². The van der Waals surface area contributed by atoms with E-state index < -0.39 is 0 Å². The Balaban J connectivity index is 1.61. The van der Waals surface area contributed by atoms with Crippen molar-refractivity contribution in [1.29, 1.82) is 0 Å². The van der Waals surface area contributed by atoms with Gasteiger partial charge in [-0.1, -0.05) is 30.3 Å². The van der Waals surface area contributed by atoms with E-state index in [2.05, 4.69) is 45.9 Å². The third kappa shape index (κ3) is 2.12. The maximum atomic E-state index is 3.59. The quantitative estimate of drug-likeness (QED) is 0.752. The van der Waals surface area contributed by atoms with Crippen LogP contribution in [-0.4, -0.2) is 43.2 Å². The molecule has 0 amide bonds. The Morgan fingerprint density at radius 1 is 1.00 bits per heavy atom. The fourth-order valence-corrected chi connectivity index (χ4v) is 2.78. The highest BCUT2D eigenvalue weighted by Gasteiger charge is 2.33. The molecule has 2 aliphatic heterocycles. The van der Waals surface area contributed by atoms with Gasteiger partial charge in [-0.2, -0.15) is 0 Å². The molecule has 2 atom stereocenters. The zero-order valence-corrected chi connectivity index (χ0v) is 9.52. The lowest BCUT2D eigenvalue weighted by atomic mass is 10.1. The van der Waals surface area contributed by atoms with Crippen LogP contribution in [0.15, 0.2) is 30.3 Å². The predicted octanol–water partition coefficient (Wildman–Crippen LogP) is 0.432. The molecule has 16 heavy (non-hydrogen) atoms. The highest BCUT2D eigenvalue weighted by molar-refractivity contribution is 5.15. The average Bonchev–Trinajstić information content (AvgIpc) is 2.72. The smallest absolute Gasteiger partial charge is 0.0362 e. The maximum absolute atomic E-state index is 3.59. The van der Waals surface area contributed by atoms with Crippen LogP contribution in [-0.2, 0) is 6.54 Å². The summed E-state index contributed by atoms with van der Waals surface area (Å²) in [6.45, 7) is 5.65. The third-order valence-corrected chi connectivity index (χ3v) is 3.58. The molecule has 0 aromatic heterocycles. The van der Waals surface area contributed by atoms with Crippen LogP contribution < -0.4 is 10.6 Å². The molecule has 0 bridgehead atoms. The van der Waals surface area contributed by atoms with Crippen molar-refractivity contribution in [3.8, 4) is 0 Å². The first-order valence-electron chi connectivity index (χ1n) is 6.15. The van der Waals surface area contributed by atoms with E-state index in [1.54, 1.807) is 0 Å². The van der Waals surface area contributed by atoms with Crippen LogP contribution in [0.4, 0.5) is 0 Å². The summed E-state index contributed by atoms with van der Waals surface area (Å²) < 4.78 is 0. The number of hydrogen-bond acceptors (Lipinski definition) is 3. The molecule has 0 spiro atoms. The SMILES string of the molecule is c1ccc(CN2CC3NCCNC3C2)cc1. The Morgan fingerprint density at radius 2 is 1.62 bits per heavy atom. The van der Waals surface area contributed by atoms with E-state index in [4.69, 9.17) is 0 Å². The minimum absolute atomic E-state index is 0.650. The summed E-state index contributed by atoms with van der Waals surface area (Å²) >= 11 is 0. The van der Waals surface area contributed by atoms with E-state index in [1.807, 2.05) is 0 Å². The summed E-state index contributed by atoms with van der Waals surface area (Å²) in [5.74, 6) is 0. The molecule has 0 saturated carbocycles. The second-order valence-electron chi connectivity index (χ2n) is 4.80. The molecule has 2 aliphatic rings. The van der Waals surface area contributed by atoms with Gasteiger partial charge in [0.05, 0.1) is 0 Å². The minimum Gasteiger partial charge on any atom is -0.310 e. The van der Waals surface area contributed by atoms with Crippen LogP contribution in [0, 0.1) is 0 Å². The average molecular weight is 217 g/mol. The number of nitrogens with zero attached hydrogens (tertiary/aromatic N) is 1. The molecule has 2 saturated heterocycles. The van der Waals surface area contributed by atoms with E-state index in [-0.39, 0.29) is 0 Å². The molecule has 3 rings (SSSR count). The Morgan fingerprint density at radius 3 is 2.25 bits per heavy atom. The van der Waals surface area contributed by atoms with E-state index in [1.165, 1.54) is 18.7 Å². The molecule has 2 N–H and O–H groups in total. The maximum Gasteiger partial charge on any atom is 0.0362 e. The summed E-state index contributed by atoms with van der Waals surface area (Å²) in [5, 5.41) is 7.19. The van der Waals surface area contributed by atoms with Crippen molar-refractivity contribution in [2.24, 2.45) is 0 Å². The Hall–Kier alpha value is -0.900. The van der Waals surface area contributed by atoms with Crippen LogP contribution >= 0.6 is 0 Å². The second-order valence-corrected chi connectivity index (χ2v) is 4.80. The van der Waals surface area contributed by atoms with Crippen molar-refractivity contribution in [2.75, 3.05) is 26.2 Å². The highest BCUT2D eigenvalue weighted by Crippen LogP contribution is 2.15. The van der Waals surface area contributed by atoms with Crippen LogP contribution in [0.3, 0.4) is 0 Å². The van der Waals surface area contributed by atoms with Crippen LogP contribution in [0.1, 0.15) is 5.56 Å². The number of piperazine rings is 1. The first-order valence-corrected chi connectivity index (χ1v) is 6.15. The molecule has 2 heterocycles. The molecular formula is C13H19N3. The monoisotopic (exact) mass is 217 g/mol. The van der Waals surface area contributed by atoms with Gasteiger partial charge in [-0.3, -0.25) is 4.90 Å². The summed E-state index contributed by atoms with van der Waals surface area (Å²) in [5.41, 5.74) is 1.42. The summed E-state index contributed by atoms with van der Waals surface area (Å²) in [4.78, 5) is 2.54. The van der Waals surface area contributed by atoms with Gasteiger partial charge in [0.15, 0.2) is 0 Å². The first kappa shape index (κ1) is 10.3. The van der Waals surface area contributed by atoms with Gasteiger partial charge in [0.1, 0.15) is 0 Å². The van der Waals surface area contributed by atoms with Crippen molar-refractivity contribution in [2.45, 2.75) is 18.6 Å². The van der Waals surface area contributed by atoms with Gasteiger partial charge in [0, 0.05) is 44.8 Å². The summed E-state index contributed by atoms with van der Waals surface area (Å²) in [6.07, 6.45) is 0. The minimum atomic E-state index is 0.650. The lowest BCUT2D eigenvalue weighted by Gasteiger charge is -2.26. The molecule has 1 aromatic carbocycles. The van der Waals surface area contributed by atoms with E-state index in [0.717, 1.165) is 19.6 Å². The molecular weight excluding hydrogens is 198 g/mol. The van der Waals surface area contributed by atoms with Gasteiger partial charge in [-0.05, 0) is 5.56 Å². The molecule has 0 aliphatic carbocycles. The number of likely N-dealkylation sites (tertiary alicyclic amines) is 1. The normalized spacial score (nSPS) is 30.2. The van der Waals surface area contributed by atoms with Gasteiger partial charge in [-0.25, -0.2) is 0 Å². The van der Waals surface area contributed by atoms with E-state index in [9.17, 15) is 0 Å². The number of nitrogens with one attached hydrogen (secondary N) is 2. The zero-order valence-electron chi connectivity index (χ0n) is 9.52. The highest BCUT2D eigenvalue weighted by atomic mass is 15.3. The third-order valence-electron chi connectivity index (χ3n) is 3.58. The predicted molar refractivity (Wildman–Crippen MR) is 65.3 cm³/mol. The van der Waals surface area contributed by atoms with Gasteiger partial charge in [0.25, 0.3) is 0 Å². The van der Waals surface area contributed by atoms with Crippen molar-refractivity contribution in [3.05, 3.63) is 35.9 Å². The molecule has 0 radical (unpaired) electrons. The van der Waals surface area contributed by atoms with Crippen LogP contribution in [0.5, 0.6) is 0 Å². The first-order chi connectivity index (χ1) is 7.92. The van der Waals surface area contributed by atoms with Crippen LogP contribution in [0.25, 0.3) is 0 Å². The van der Waals surface area contributed by atoms with E-state index >= 15 is 0 Å². The number of rotatable bonds is 2. The van der Waals surface area contributed by atoms with Gasteiger partial charge >= 0.3 is 0 Å². The molecule has 2 fully saturated rings. The largest absolute Gasteiger partial charge is 0.310 e. The Bertz CT molecular complexity index is 324. The zero-order chi connectivity index (χ0) is 10.8. The summed E-state index contributed by atoms with van der Waals surface area (Å²) in [7, 11) is 0. The number of benzene rings is 1. The molecule has 2 unspecified atom stereocenters. The molecule has 3 nitrogen and oxygen atoms in total. The number of hydrogen-bond donors (Lipinski definition) is 2. The van der Waals surface area contributed by atoms with Gasteiger partial charge < -0.3 is 10.6 Å². The number of fused-ring (bicyclic) bond motifs is 1. The van der Waals surface area contributed by atoms with Gasteiger partial charge in [0.2, 0.25) is 0 Å². The standard InChI is InChI=1S/C13H19N3/c1-2-4-11(5-3-1)8-16-9-12-13(10-16)15-7-6-14-12/h1-5,12-15H,6-10H2. The lowest BCUT2D eigenvalue weighted by molar-refractivity contribution is 0.320. The fourth-order valence-electron chi connectivity index (χ4n) is 2.78. The van der Waals surface area contributed by atoms with Crippen molar-refractivity contribution < 1.29 is 0 Å². The van der Waals surface area contributed by atoms with Crippen molar-refractivity contribution in [3.63, 3.8) is 0 Å². The summed E-state index contributed by atoms with van der Waals surface area (Å²) in [6, 6.07) is 12.0. The Labute approximate surface area is 96.8 Å². The topological polar surface area (TPSA) is 27.3 Å².